The highest BCUT2D eigenvalue weighted by Gasteiger charge is 2.22. The van der Waals surface area contributed by atoms with Gasteiger partial charge in [-0.2, -0.15) is 0 Å². The number of phosphoric acid groups is 1. The zero-order valence-electron chi connectivity index (χ0n) is 63.2. The van der Waals surface area contributed by atoms with Gasteiger partial charge in [-0.25, -0.2) is 0 Å². The monoisotopic (exact) mass is 1370 g/mol. The molecule has 0 aromatic carbocycles. The third-order valence-electron chi connectivity index (χ3n) is 16.1. The smallest absolute Gasteiger partial charge is 0.306 e. The Bertz CT molecular complexity index is 2360. The van der Waals surface area contributed by atoms with Crippen LogP contribution in [0.2, 0.25) is 0 Å². The SMILES string of the molecule is CC/C=C\C/C=C\C/C=C\C/C=C\C/C=C\C/C=C\C/C=C\C/C=C\C/C=C\C/C=C\CCCCCCCCCCC(=O)OC(COC(=O)CCCCCCCCCCCCCCCCCC/C=C\C/C=C\C/C=C\C/C=C\C/C=C\C/C=C\CC)COP(=O)([O-])OCC[N+](C)(C)C. The van der Waals surface area contributed by atoms with Gasteiger partial charge in [0, 0.05) is 12.8 Å². The van der Waals surface area contributed by atoms with E-state index in [4.69, 9.17) is 18.5 Å². The van der Waals surface area contributed by atoms with Gasteiger partial charge in [-0.15, -0.1) is 0 Å². The molecule has 0 aliphatic rings. The number of phosphoric ester groups is 1. The van der Waals surface area contributed by atoms with Crippen molar-refractivity contribution in [2.24, 2.45) is 0 Å². The Morgan fingerprint density at radius 1 is 0.316 bits per heavy atom. The summed E-state index contributed by atoms with van der Waals surface area (Å²) in [6, 6.07) is 0. The summed E-state index contributed by atoms with van der Waals surface area (Å²) in [5, 5.41) is 0. The number of esters is 2. The molecule has 0 N–H and O–H groups in total. The minimum atomic E-state index is -4.66. The Morgan fingerprint density at radius 2 is 0.551 bits per heavy atom. The van der Waals surface area contributed by atoms with Crippen molar-refractivity contribution in [3.63, 3.8) is 0 Å². The van der Waals surface area contributed by atoms with E-state index in [0.717, 1.165) is 148 Å². The lowest BCUT2D eigenvalue weighted by molar-refractivity contribution is -0.870. The number of nitrogens with zero attached hydrogens (tertiary/aromatic N) is 1. The quantitative estimate of drug-likeness (QED) is 0.0195. The van der Waals surface area contributed by atoms with E-state index in [1.165, 1.54) is 116 Å². The van der Waals surface area contributed by atoms with Crippen molar-refractivity contribution >= 4 is 19.8 Å². The van der Waals surface area contributed by atoms with E-state index in [9.17, 15) is 19.0 Å². The predicted octanol–water partition coefficient (Wildman–Crippen LogP) is 25.8. The summed E-state index contributed by atoms with van der Waals surface area (Å²) in [6.07, 6.45) is 118. The first-order chi connectivity index (χ1) is 48.0. The normalized spacial score (nSPS) is 14.1. The van der Waals surface area contributed by atoms with Gasteiger partial charge in [0.05, 0.1) is 27.7 Å². The van der Waals surface area contributed by atoms with Gasteiger partial charge in [-0.05, 0) is 141 Å². The molecule has 2 unspecified atom stereocenters. The van der Waals surface area contributed by atoms with Crippen LogP contribution in [0.25, 0.3) is 0 Å². The summed E-state index contributed by atoms with van der Waals surface area (Å²) in [4.78, 5) is 38.2. The van der Waals surface area contributed by atoms with Gasteiger partial charge in [0.15, 0.2) is 6.10 Å². The second-order valence-electron chi connectivity index (χ2n) is 26.6. The maximum atomic E-state index is 12.9. The van der Waals surface area contributed by atoms with Crippen molar-refractivity contribution < 1.29 is 42.1 Å². The molecule has 0 aliphatic heterocycles. The third-order valence-corrected chi connectivity index (χ3v) is 17.1. The number of carbonyl (C=O) groups is 2. The van der Waals surface area contributed by atoms with Gasteiger partial charge in [-0.1, -0.05) is 337 Å². The highest BCUT2D eigenvalue weighted by molar-refractivity contribution is 7.45. The topological polar surface area (TPSA) is 111 Å². The molecule has 0 radical (unpaired) electrons. The second kappa shape index (κ2) is 76.0. The van der Waals surface area contributed by atoms with Crippen LogP contribution in [0.5, 0.6) is 0 Å². The zero-order valence-corrected chi connectivity index (χ0v) is 64.0. The molecule has 0 aromatic rings. The van der Waals surface area contributed by atoms with E-state index in [1.54, 1.807) is 0 Å². The minimum absolute atomic E-state index is 0.0410. The molecule has 0 saturated carbocycles. The lowest BCUT2D eigenvalue weighted by Gasteiger charge is -2.28. The molecule has 0 heterocycles. The first-order valence-corrected chi connectivity index (χ1v) is 40.6. The van der Waals surface area contributed by atoms with Crippen molar-refractivity contribution in [2.45, 2.75) is 302 Å². The van der Waals surface area contributed by atoms with E-state index in [-0.39, 0.29) is 32.0 Å². The van der Waals surface area contributed by atoms with Crippen LogP contribution in [0, 0.1) is 0 Å². The standard InChI is InChI=1S/C88H144NO8P/c1-6-8-10-12-14-16-18-20-22-24-26-28-30-32-34-36-38-40-42-43-44-45-47-49-51-53-55-57-59-61-63-65-67-69-71-73-75-77-79-81-88(91)97-86(85-96-98(92,93)95-83-82-89(3,4)5)84-94-87(90)80-78-76-74-72-70-68-66-64-62-60-58-56-54-52-50-48-46-41-39-37-35-33-31-29-27-25-23-21-19-17-15-13-11-9-7-2/h8-11,14-17,20-23,26-29,32-35,38-41,43-44,47,49,53,55,59,61,86H,6-7,12-13,18-19,24-25,30-31,36-37,42,45-46,48,50-52,54,56-58,60,62-85H2,1-5H3/b10-8-,11-9-,16-14-,17-15-,22-20-,23-21-,28-26-,29-27-,34-32-,35-33-,40-38-,41-39-,44-43-,49-47-,55-53-,61-59-. The first kappa shape index (κ1) is 92.8. The zero-order chi connectivity index (χ0) is 71.1. The molecule has 0 saturated heterocycles. The number of hydrogen-bond acceptors (Lipinski definition) is 8. The minimum Gasteiger partial charge on any atom is -0.756 e. The fourth-order valence-electron chi connectivity index (χ4n) is 10.2. The van der Waals surface area contributed by atoms with E-state index < -0.39 is 26.5 Å². The molecule has 2 atom stereocenters. The lowest BCUT2D eigenvalue weighted by Crippen LogP contribution is -2.37. The van der Waals surface area contributed by atoms with Gasteiger partial charge in [0.2, 0.25) is 0 Å². The van der Waals surface area contributed by atoms with E-state index in [0.29, 0.717) is 17.4 Å². The highest BCUT2D eigenvalue weighted by Crippen LogP contribution is 2.38. The van der Waals surface area contributed by atoms with Crippen LogP contribution in [0.3, 0.4) is 0 Å². The van der Waals surface area contributed by atoms with Crippen LogP contribution in [0.1, 0.15) is 296 Å². The Labute approximate surface area is 603 Å². The molecule has 0 amide bonds. The largest absolute Gasteiger partial charge is 0.756 e. The maximum Gasteiger partial charge on any atom is 0.306 e. The Balaban J connectivity index is 4.08. The number of allylic oxidation sites excluding steroid dienone is 32. The van der Waals surface area contributed by atoms with Crippen molar-refractivity contribution in [3.8, 4) is 0 Å². The molecule has 98 heavy (non-hydrogen) atoms. The van der Waals surface area contributed by atoms with Gasteiger partial charge >= 0.3 is 11.9 Å². The van der Waals surface area contributed by atoms with Crippen LogP contribution < -0.4 is 4.89 Å². The third kappa shape index (κ3) is 79.8. The summed E-state index contributed by atoms with van der Waals surface area (Å²) in [5.41, 5.74) is 0. The summed E-state index contributed by atoms with van der Waals surface area (Å²) in [5.74, 6) is -0.848. The fraction of sp³-hybridized carbons (Fsp3) is 0.614. The Morgan fingerprint density at radius 3 is 0.816 bits per heavy atom. The van der Waals surface area contributed by atoms with Crippen molar-refractivity contribution in [1.29, 1.82) is 0 Å². The van der Waals surface area contributed by atoms with Gasteiger partial charge in [0.1, 0.15) is 19.8 Å². The lowest BCUT2D eigenvalue weighted by atomic mass is 10.0. The summed E-state index contributed by atoms with van der Waals surface area (Å²) in [7, 11) is 1.14. The maximum absolute atomic E-state index is 12.9. The fourth-order valence-corrected chi connectivity index (χ4v) is 10.9. The Hall–Kier alpha value is -5.15. The van der Waals surface area contributed by atoms with Crippen LogP contribution in [-0.2, 0) is 32.7 Å². The number of quaternary nitrogens is 1. The molecular weight excluding hydrogens is 1230 g/mol. The molecular formula is C88H144NO8P. The van der Waals surface area contributed by atoms with Crippen molar-refractivity contribution in [1.82, 2.24) is 0 Å². The van der Waals surface area contributed by atoms with Crippen molar-refractivity contribution in [3.05, 3.63) is 194 Å². The van der Waals surface area contributed by atoms with E-state index in [2.05, 4.69) is 208 Å². The molecule has 0 aliphatic carbocycles. The van der Waals surface area contributed by atoms with Crippen LogP contribution in [0.15, 0.2) is 194 Å². The van der Waals surface area contributed by atoms with E-state index >= 15 is 0 Å². The highest BCUT2D eigenvalue weighted by atomic mass is 31.2. The number of ether oxygens (including phenoxy) is 2. The van der Waals surface area contributed by atoms with Gasteiger partial charge in [-0.3, -0.25) is 14.2 Å². The molecule has 10 heteroatoms. The van der Waals surface area contributed by atoms with Gasteiger partial charge < -0.3 is 27.9 Å². The summed E-state index contributed by atoms with van der Waals surface area (Å²) < 4.78 is 34.4. The number of rotatable bonds is 70. The molecule has 0 aromatic heterocycles. The second-order valence-corrected chi connectivity index (χ2v) is 28.0. The average Bonchev–Trinajstić information content (AvgIpc) is 1.23. The number of carbonyl (C=O) groups excluding carboxylic acids is 2. The number of hydrogen-bond donors (Lipinski definition) is 0. The first-order valence-electron chi connectivity index (χ1n) is 39.1. The average molecular weight is 1380 g/mol. The molecule has 0 bridgehead atoms. The van der Waals surface area contributed by atoms with Crippen LogP contribution in [0.4, 0.5) is 0 Å². The Kier molecular flexibility index (Phi) is 72.0. The number of likely N-dealkylation sites (N-methyl/N-ethyl adjacent to an activating group) is 1. The van der Waals surface area contributed by atoms with Crippen LogP contribution >= 0.6 is 7.82 Å². The number of unbranched alkanes of at least 4 members (excludes halogenated alkanes) is 24. The predicted molar refractivity (Wildman–Crippen MR) is 424 cm³/mol. The molecule has 554 valence electrons. The molecule has 0 spiro atoms. The molecule has 9 nitrogen and oxygen atoms in total. The van der Waals surface area contributed by atoms with Crippen LogP contribution in [-0.4, -0.2) is 70.0 Å². The summed E-state index contributed by atoms with van der Waals surface area (Å²) in [6.45, 7) is 4.00. The van der Waals surface area contributed by atoms with E-state index in [1.807, 2.05) is 21.1 Å². The van der Waals surface area contributed by atoms with Gasteiger partial charge in [0.25, 0.3) is 7.82 Å². The molecule has 0 fully saturated rings. The molecule has 0 rings (SSSR count). The van der Waals surface area contributed by atoms with Crippen molar-refractivity contribution in [2.75, 3.05) is 47.5 Å². The summed E-state index contributed by atoms with van der Waals surface area (Å²) >= 11 is 0.